The Balaban J connectivity index is 2.50. The molecule has 3 nitrogen and oxygen atoms in total. The maximum absolute atomic E-state index is 11.0. The second-order valence-corrected chi connectivity index (χ2v) is 3.46. The van der Waals surface area contributed by atoms with Gasteiger partial charge in [0.1, 0.15) is 12.6 Å². The van der Waals surface area contributed by atoms with Gasteiger partial charge < -0.3 is 10.5 Å². The number of hydrogen-bond donors (Lipinski definition) is 1. The van der Waals surface area contributed by atoms with Crippen LogP contribution in [0.4, 0.5) is 0 Å². The molecule has 1 unspecified atom stereocenters. The van der Waals surface area contributed by atoms with Crippen molar-refractivity contribution in [3.8, 4) is 0 Å². The topological polar surface area (TPSA) is 52.3 Å². The lowest BCUT2D eigenvalue weighted by atomic mass is 10.2. The molecule has 1 aromatic rings. The van der Waals surface area contributed by atoms with Crippen molar-refractivity contribution in [2.75, 3.05) is 0 Å². The van der Waals surface area contributed by atoms with Crippen molar-refractivity contribution >= 4 is 17.6 Å². The van der Waals surface area contributed by atoms with Gasteiger partial charge in [-0.15, -0.1) is 0 Å². The fraction of sp³-hybridized carbons (Fsp3) is 0.300. The molecule has 0 aliphatic rings. The largest absolute Gasteiger partial charge is 0.460 e. The first-order chi connectivity index (χ1) is 6.59. The summed E-state index contributed by atoms with van der Waals surface area (Å²) in [5.74, 6) is -0.412. The van der Waals surface area contributed by atoms with Gasteiger partial charge in [-0.1, -0.05) is 23.7 Å². The quantitative estimate of drug-likeness (QED) is 0.778. The molecule has 76 valence electrons. The molecule has 0 aliphatic carbocycles. The van der Waals surface area contributed by atoms with Crippen LogP contribution >= 0.6 is 11.6 Å². The normalized spacial score (nSPS) is 12.2. The molecule has 0 bridgehead atoms. The van der Waals surface area contributed by atoms with Crippen molar-refractivity contribution in [3.05, 3.63) is 34.9 Å². The number of hydrogen-bond acceptors (Lipinski definition) is 3. The molecule has 2 N–H and O–H groups in total. The molecule has 1 atom stereocenters. The Morgan fingerprint density at radius 1 is 1.64 bits per heavy atom. The molecular weight excluding hydrogens is 202 g/mol. The standard InChI is InChI=1S/C10H12ClNO2/c1-7(12)10(13)14-6-8-3-2-4-9(11)5-8/h2-5,7H,6,12H2,1H3. The summed E-state index contributed by atoms with van der Waals surface area (Å²) in [4.78, 5) is 11.0. The molecule has 0 radical (unpaired) electrons. The van der Waals surface area contributed by atoms with E-state index >= 15 is 0 Å². The molecule has 1 aromatic carbocycles. The van der Waals surface area contributed by atoms with Crippen LogP contribution in [0.1, 0.15) is 12.5 Å². The monoisotopic (exact) mass is 213 g/mol. The Kier molecular flexibility index (Phi) is 3.92. The van der Waals surface area contributed by atoms with Gasteiger partial charge in [-0.25, -0.2) is 0 Å². The van der Waals surface area contributed by atoms with Gasteiger partial charge in [-0.2, -0.15) is 0 Å². The van der Waals surface area contributed by atoms with Crippen LogP contribution in [0.3, 0.4) is 0 Å². The van der Waals surface area contributed by atoms with E-state index in [2.05, 4.69) is 0 Å². The first kappa shape index (κ1) is 11.0. The van der Waals surface area contributed by atoms with E-state index in [1.54, 1.807) is 25.1 Å². The molecular formula is C10H12ClNO2. The molecule has 0 saturated heterocycles. The van der Waals surface area contributed by atoms with Gasteiger partial charge in [0.05, 0.1) is 0 Å². The second kappa shape index (κ2) is 4.98. The van der Waals surface area contributed by atoms with Gasteiger partial charge in [0, 0.05) is 5.02 Å². The van der Waals surface area contributed by atoms with Gasteiger partial charge in [0.15, 0.2) is 0 Å². The zero-order valence-corrected chi connectivity index (χ0v) is 8.62. The molecule has 4 heteroatoms. The Bertz CT molecular complexity index is 326. The summed E-state index contributed by atoms with van der Waals surface area (Å²) in [6, 6.07) is 6.56. The molecule has 0 heterocycles. The first-order valence-corrected chi connectivity index (χ1v) is 4.64. The van der Waals surface area contributed by atoms with Crippen molar-refractivity contribution in [2.45, 2.75) is 19.6 Å². The predicted molar refractivity (Wildman–Crippen MR) is 54.9 cm³/mol. The van der Waals surface area contributed by atoms with E-state index < -0.39 is 12.0 Å². The van der Waals surface area contributed by atoms with E-state index in [0.717, 1.165) is 5.56 Å². The molecule has 0 amide bonds. The average molecular weight is 214 g/mol. The summed E-state index contributed by atoms with van der Waals surface area (Å²) in [5.41, 5.74) is 6.18. The van der Waals surface area contributed by atoms with Crippen molar-refractivity contribution in [2.24, 2.45) is 5.73 Å². The lowest BCUT2D eigenvalue weighted by Gasteiger charge is -2.06. The number of esters is 1. The van der Waals surface area contributed by atoms with Crippen LogP contribution in [0.5, 0.6) is 0 Å². The van der Waals surface area contributed by atoms with Crippen LogP contribution in [0, 0.1) is 0 Å². The number of benzene rings is 1. The Labute approximate surface area is 87.8 Å². The van der Waals surface area contributed by atoms with E-state index in [-0.39, 0.29) is 6.61 Å². The number of carbonyl (C=O) groups is 1. The Morgan fingerprint density at radius 3 is 2.93 bits per heavy atom. The lowest BCUT2D eigenvalue weighted by Crippen LogP contribution is -2.28. The fourth-order valence-corrected chi connectivity index (χ4v) is 1.13. The van der Waals surface area contributed by atoms with E-state index in [4.69, 9.17) is 22.1 Å². The third-order valence-electron chi connectivity index (χ3n) is 1.64. The summed E-state index contributed by atoms with van der Waals surface area (Å²) in [7, 11) is 0. The van der Waals surface area contributed by atoms with Gasteiger partial charge in [-0.3, -0.25) is 4.79 Å². The minimum absolute atomic E-state index is 0.209. The minimum atomic E-state index is -0.589. The molecule has 0 saturated carbocycles. The molecule has 1 rings (SSSR count). The van der Waals surface area contributed by atoms with Crippen LogP contribution in [0.15, 0.2) is 24.3 Å². The predicted octanol–water partition coefficient (Wildman–Crippen LogP) is 1.73. The highest BCUT2D eigenvalue weighted by molar-refractivity contribution is 6.30. The van der Waals surface area contributed by atoms with Crippen LogP contribution in [-0.2, 0) is 16.1 Å². The van der Waals surface area contributed by atoms with Crippen molar-refractivity contribution < 1.29 is 9.53 Å². The van der Waals surface area contributed by atoms with Crippen LogP contribution in [0.25, 0.3) is 0 Å². The van der Waals surface area contributed by atoms with Crippen molar-refractivity contribution in [3.63, 3.8) is 0 Å². The smallest absolute Gasteiger partial charge is 0.322 e. The average Bonchev–Trinajstić information content (AvgIpc) is 2.14. The summed E-state index contributed by atoms with van der Waals surface area (Å²) < 4.78 is 4.92. The maximum atomic E-state index is 11.0. The minimum Gasteiger partial charge on any atom is -0.460 e. The highest BCUT2D eigenvalue weighted by Gasteiger charge is 2.08. The van der Waals surface area contributed by atoms with Crippen molar-refractivity contribution in [1.82, 2.24) is 0 Å². The molecule has 0 aliphatic heterocycles. The van der Waals surface area contributed by atoms with E-state index in [1.807, 2.05) is 6.07 Å². The van der Waals surface area contributed by atoms with Crippen LogP contribution in [0.2, 0.25) is 5.02 Å². The van der Waals surface area contributed by atoms with Crippen LogP contribution < -0.4 is 5.73 Å². The first-order valence-electron chi connectivity index (χ1n) is 4.26. The highest BCUT2D eigenvalue weighted by atomic mass is 35.5. The maximum Gasteiger partial charge on any atom is 0.322 e. The number of halogens is 1. The van der Waals surface area contributed by atoms with Crippen LogP contribution in [-0.4, -0.2) is 12.0 Å². The van der Waals surface area contributed by atoms with E-state index in [1.165, 1.54) is 0 Å². The van der Waals surface area contributed by atoms with Gasteiger partial charge in [-0.05, 0) is 24.6 Å². The summed E-state index contributed by atoms with van der Waals surface area (Å²) in [5, 5.41) is 0.624. The summed E-state index contributed by atoms with van der Waals surface area (Å²) in [6.07, 6.45) is 0. The fourth-order valence-electron chi connectivity index (χ4n) is 0.913. The number of nitrogens with two attached hydrogens (primary N) is 1. The molecule has 0 aromatic heterocycles. The third-order valence-corrected chi connectivity index (χ3v) is 1.88. The molecule has 0 spiro atoms. The molecule has 0 fully saturated rings. The molecule has 14 heavy (non-hydrogen) atoms. The number of rotatable bonds is 3. The number of carbonyl (C=O) groups excluding carboxylic acids is 1. The summed E-state index contributed by atoms with van der Waals surface area (Å²) in [6.45, 7) is 1.79. The summed E-state index contributed by atoms with van der Waals surface area (Å²) >= 11 is 5.76. The lowest BCUT2D eigenvalue weighted by molar-refractivity contribution is -0.146. The number of ether oxygens (including phenoxy) is 1. The SMILES string of the molecule is CC(N)C(=O)OCc1cccc(Cl)c1. The zero-order chi connectivity index (χ0) is 10.6. The van der Waals surface area contributed by atoms with Gasteiger partial charge in [0.2, 0.25) is 0 Å². The van der Waals surface area contributed by atoms with E-state index in [9.17, 15) is 4.79 Å². The third kappa shape index (κ3) is 3.36. The van der Waals surface area contributed by atoms with Gasteiger partial charge >= 0.3 is 5.97 Å². The second-order valence-electron chi connectivity index (χ2n) is 3.03. The van der Waals surface area contributed by atoms with Crippen molar-refractivity contribution in [1.29, 1.82) is 0 Å². The zero-order valence-electron chi connectivity index (χ0n) is 7.87. The Hall–Kier alpha value is -1.06. The Morgan fingerprint density at radius 2 is 2.36 bits per heavy atom. The van der Waals surface area contributed by atoms with E-state index in [0.29, 0.717) is 5.02 Å². The highest BCUT2D eigenvalue weighted by Crippen LogP contribution is 2.11. The van der Waals surface area contributed by atoms with Gasteiger partial charge in [0.25, 0.3) is 0 Å².